The second kappa shape index (κ2) is 5.85. The van der Waals surface area contributed by atoms with Crippen LogP contribution in [-0.4, -0.2) is 16.6 Å². The van der Waals surface area contributed by atoms with Crippen molar-refractivity contribution in [1.29, 1.82) is 5.26 Å². The molecular weight excluding hydrogens is 204 g/mol. The van der Waals surface area contributed by atoms with E-state index in [1.165, 1.54) is 0 Å². The van der Waals surface area contributed by atoms with Crippen molar-refractivity contribution in [1.82, 2.24) is 4.98 Å². The lowest BCUT2D eigenvalue weighted by molar-refractivity contribution is 1.08. The van der Waals surface area contributed by atoms with Crippen LogP contribution in [0.5, 0.6) is 0 Å². The average Bonchev–Trinajstić information content (AvgIpc) is 2.19. The van der Waals surface area contributed by atoms with Crippen molar-refractivity contribution < 1.29 is 0 Å². The van der Waals surface area contributed by atoms with Crippen LogP contribution in [0.4, 0.5) is 0 Å². The fraction of sp³-hybridized carbons (Fsp3) is 0.333. The van der Waals surface area contributed by atoms with E-state index in [4.69, 9.17) is 16.9 Å². The van der Waals surface area contributed by atoms with E-state index >= 15 is 0 Å². The maximum Gasteiger partial charge on any atom is 0.0993 e. The molecule has 0 saturated heterocycles. The monoisotopic (exact) mass is 212 g/mol. The molecule has 1 aromatic rings. The van der Waals surface area contributed by atoms with Gasteiger partial charge < -0.3 is 0 Å². The summed E-state index contributed by atoms with van der Waals surface area (Å²) in [5.74, 6) is 1.62. The molecule has 0 aliphatic carbocycles. The molecule has 1 heterocycles. The Labute approximate surface area is 86.9 Å². The average molecular weight is 213 g/mol. The zero-order chi connectivity index (χ0) is 9.52. The molecule has 0 amide bonds. The maximum absolute atomic E-state index is 8.63. The lowest BCUT2D eigenvalue weighted by Gasteiger charge is -1.98. The summed E-state index contributed by atoms with van der Waals surface area (Å²) >= 11 is 7.17. The maximum atomic E-state index is 8.63. The Balaban J connectivity index is 2.52. The van der Waals surface area contributed by atoms with Crippen LogP contribution in [0, 0.1) is 11.3 Å². The van der Waals surface area contributed by atoms with Gasteiger partial charge >= 0.3 is 0 Å². The predicted octanol–water partition coefficient (Wildman–Crippen LogP) is 2.67. The Morgan fingerprint density at radius 2 is 2.46 bits per heavy atom. The molecule has 1 aromatic heterocycles. The third-order valence-corrected chi connectivity index (χ3v) is 2.67. The van der Waals surface area contributed by atoms with Crippen molar-refractivity contribution in [2.45, 2.75) is 11.4 Å². The molecule has 0 atom stereocenters. The molecule has 0 aliphatic heterocycles. The summed E-state index contributed by atoms with van der Waals surface area (Å²) in [4.78, 5) is 4.13. The third-order valence-electron chi connectivity index (χ3n) is 1.39. The molecule has 0 bridgehead atoms. The van der Waals surface area contributed by atoms with Gasteiger partial charge in [-0.1, -0.05) is 0 Å². The van der Waals surface area contributed by atoms with E-state index in [0.29, 0.717) is 11.4 Å². The summed E-state index contributed by atoms with van der Waals surface area (Å²) in [7, 11) is 0. The number of rotatable bonds is 4. The molecule has 13 heavy (non-hydrogen) atoms. The summed E-state index contributed by atoms with van der Waals surface area (Å²) in [5.41, 5.74) is 0.656. The summed E-state index contributed by atoms with van der Waals surface area (Å²) in [6, 6.07) is 5.57. The molecule has 0 saturated carbocycles. The van der Waals surface area contributed by atoms with E-state index in [0.717, 1.165) is 17.2 Å². The number of hydrogen-bond donors (Lipinski definition) is 0. The van der Waals surface area contributed by atoms with Crippen LogP contribution in [0.25, 0.3) is 0 Å². The van der Waals surface area contributed by atoms with Crippen LogP contribution in [-0.2, 0) is 0 Å². The number of thioether (sulfide) groups is 1. The third kappa shape index (κ3) is 3.67. The number of nitrogens with zero attached hydrogens (tertiary/aromatic N) is 2. The van der Waals surface area contributed by atoms with Crippen LogP contribution in [0.2, 0.25) is 0 Å². The molecule has 0 unspecified atom stereocenters. The second-order valence-electron chi connectivity index (χ2n) is 2.39. The highest BCUT2D eigenvalue weighted by atomic mass is 35.5. The molecule has 4 heteroatoms. The van der Waals surface area contributed by atoms with Crippen molar-refractivity contribution in [3.8, 4) is 6.07 Å². The van der Waals surface area contributed by atoms with Gasteiger partial charge in [-0.25, -0.2) is 4.98 Å². The second-order valence-corrected chi connectivity index (χ2v) is 3.88. The molecule has 0 spiro atoms. The number of alkyl halides is 1. The van der Waals surface area contributed by atoms with E-state index < -0.39 is 0 Å². The van der Waals surface area contributed by atoms with Gasteiger partial charge in [0.15, 0.2) is 0 Å². The quantitative estimate of drug-likeness (QED) is 0.438. The highest BCUT2D eigenvalue weighted by Crippen LogP contribution is 2.16. The first kappa shape index (κ1) is 10.4. The normalized spacial score (nSPS) is 9.54. The topological polar surface area (TPSA) is 36.7 Å². The van der Waals surface area contributed by atoms with Gasteiger partial charge in [0.1, 0.15) is 0 Å². The van der Waals surface area contributed by atoms with E-state index in [1.54, 1.807) is 30.1 Å². The Morgan fingerprint density at radius 3 is 3.15 bits per heavy atom. The van der Waals surface area contributed by atoms with Gasteiger partial charge in [0.05, 0.1) is 16.7 Å². The molecular formula is C9H9ClN2S. The summed E-state index contributed by atoms with van der Waals surface area (Å²) < 4.78 is 0. The van der Waals surface area contributed by atoms with Crippen LogP contribution < -0.4 is 0 Å². The van der Waals surface area contributed by atoms with Gasteiger partial charge in [-0.2, -0.15) is 5.26 Å². The molecule has 0 aliphatic rings. The smallest absolute Gasteiger partial charge is 0.0993 e. The van der Waals surface area contributed by atoms with Gasteiger partial charge in [-0.3, -0.25) is 0 Å². The molecule has 0 aromatic carbocycles. The first-order valence-electron chi connectivity index (χ1n) is 3.91. The van der Waals surface area contributed by atoms with Gasteiger partial charge in [-0.15, -0.1) is 23.4 Å². The predicted molar refractivity (Wildman–Crippen MR) is 55.0 cm³/mol. The molecule has 1 rings (SSSR count). The largest absolute Gasteiger partial charge is 0.250 e. The Bertz CT molecular complexity index is 309. The fourth-order valence-corrected chi connectivity index (χ4v) is 1.92. The lowest BCUT2D eigenvalue weighted by atomic mass is 10.3. The lowest BCUT2D eigenvalue weighted by Crippen LogP contribution is -1.85. The van der Waals surface area contributed by atoms with Crippen molar-refractivity contribution >= 4 is 23.4 Å². The Kier molecular flexibility index (Phi) is 4.66. The first-order valence-corrected chi connectivity index (χ1v) is 5.43. The Hall–Kier alpha value is -0.720. The number of hydrogen-bond acceptors (Lipinski definition) is 3. The standard InChI is InChI=1S/C9H9ClN2S/c10-3-1-5-13-9-6-8(7-11)2-4-12-9/h2,4,6H,1,3,5H2. The minimum atomic E-state index is 0.656. The van der Waals surface area contributed by atoms with Crippen LogP contribution in [0.1, 0.15) is 12.0 Å². The molecule has 2 nitrogen and oxygen atoms in total. The highest BCUT2D eigenvalue weighted by Gasteiger charge is 1.96. The van der Waals surface area contributed by atoms with Crippen LogP contribution >= 0.6 is 23.4 Å². The van der Waals surface area contributed by atoms with Crippen molar-refractivity contribution in [2.75, 3.05) is 11.6 Å². The number of pyridine rings is 1. The van der Waals surface area contributed by atoms with E-state index in [9.17, 15) is 0 Å². The van der Waals surface area contributed by atoms with Crippen molar-refractivity contribution in [3.63, 3.8) is 0 Å². The van der Waals surface area contributed by atoms with Gasteiger partial charge in [0.2, 0.25) is 0 Å². The minimum Gasteiger partial charge on any atom is -0.250 e. The SMILES string of the molecule is N#Cc1ccnc(SCCCCl)c1. The number of halogens is 1. The van der Waals surface area contributed by atoms with Crippen molar-refractivity contribution in [2.24, 2.45) is 0 Å². The summed E-state index contributed by atoms with van der Waals surface area (Å²) in [5, 5.41) is 9.52. The fourth-order valence-electron chi connectivity index (χ4n) is 0.789. The van der Waals surface area contributed by atoms with Crippen LogP contribution in [0.15, 0.2) is 23.4 Å². The molecule has 68 valence electrons. The molecule has 0 radical (unpaired) electrons. The van der Waals surface area contributed by atoms with E-state index in [2.05, 4.69) is 11.1 Å². The summed E-state index contributed by atoms with van der Waals surface area (Å²) in [6.45, 7) is 0. The highest BCUT2D eigenvalue weighted by molar-refractivity contribution is 7.99. The number of nitriles is 1. The van der Waals surface area contributed by atoms with Gasteiger partial charge in [0.25, 0.3) is 0 Å². The van der Waals surface area contributed by atoms with Gasteiger partial charge in [0, 0.05) is 17.8 Å². The zero-order valence-electron chi connectivity index (χ0n) is 7.03. The summed E-state index contributed by atoms with van der Waals surface area (Å²) in [6.07, 6.45) is 2.62. The minimum absolute atomic E-state index is 0.656. The van der Waals surface area contributed by atoms with Crippen molar-refractivity contribution in [3.05, 3.63) is 23.9 Å². The van der Waals surface area contributed by atoms with E-state index in [1.807, 2.05) is 0 Å². The molecule has 0 N–H and O–H groups in total. The van der Waals surface area contributed by atoms with Gasteiger partial charge in [-0.05, 0) is 18.6 Å². The molecule has 0 fully saturated rings. The van der Waals surface area contributed by atoms with E-state index in [-0.39, 0.29) is 0 Å². The Morgan fingerprint density at radius 1 is 1.62 bits per heavy atom. The van der Waals surface area contributed by atoms with Crippen LogP contribution in [0.3, 0.4) is 0 Å². The number of aromatic nitrogens is 1. The first-order chi connectivity index (χ1) is 6.36. The zero-order valence-corrected chi connectivity index (χ0v) is 8.61.